The number of nitrogen functional groups attached to an aromatic ring is 1. The quantitative estimate of drug-likeness (QED) is 0.565. The Hall–Kier alpha value is -2.50. The lowest BCUT2D eigenvalue weighted by molar-refractivity contribution is 0.194. The molecule has 19 heavy (non-hydrogen) atoms. The third-order valence-electron chi connectivity index (χ3n) is 2.65. The second-order valence-electron chi connectivity index (χ2n) is 4.16. The summed E-state index contributed by atoms with van der Waals surface area (Å²) in [5.41, 5.74) is 8.41. The number of nitrogens with zero attached hydrogens (tertiary/aromatic N) is 1. The second-order valence-corrected chi connectivity index (χ2v) is 4.16. The largest absolute Gasteiger partial charge is 0.465 e. The van der Waals surface area contributed by atoms with Crippen molar-refractivity contribution in [3.8, 4) is 11.3 Å². The van der Waals surface area contributed by atoms with Gasteiger partial charge in [0.05, 0.1) is 6.20 Å². The van der Waals surface area contributed by atoms with E-state index in [0.29, 0.717) is 24.4 Å². The summed E-state index contributed by atoms with van der Waals surface area (Å²) >= 11 is 0. The number of carboxylic acid groups (broad SMARTS) is 1. The zero-order valence-electron chi connectivity index (χ0n) is 10.3. The highest BCUT2D eigenvalue weighted by molar-refractivity contribution is 5.64. The maximum absolute atomic E-state index is 10.3. The first-order valence-corrected chi connectivity index (χ1v) is 5.90. The van der Waals surface area contributed by atoms with E-state index in [0.717, 1.165) is 17.5 Å². The molecule has 0 aliphatic carbocycles. The van der Waals surface area contributed by atoms with Crippen molar-refractivity contribution in [3.63, 3.8) is 0 Å². The molecule has 0 fully saturated rings. The smallest absolute Gasteiger partial charge is 0.404 e. The fourth-order valence-corrected chi connectivity index (χ4v) is 1.85. The van der Waals surface area contributed by atoms with Crippen LogP contribution in [-0.4, -0.2) is 22.7 Å². The normalized spacial score (nSPS) is 10.3. The van der Waals surface area contributed by atoms with Crippen LogP contribution < -0.4 is 11.1 Å². The van der Waals surface area contributed by atoms with Gasteiger partial charge in [0.25, 0.3) is 0 Å². The van der Waals surface area contributed by atoms with Crippen molar-refractivity contribution in [1.29, 1.82) is 0 Å². The molecule has 100 valence electrons. The summed E-state index contributed by atoms with van der Waals surface area (Å²) < 4.78 is 5.23. The van der Waals surface area contributed by atoms with Gasteiger partial charge >= 0.3 is 6.09 Å². The fraction of sp³-hybridized carbons (Fsp3) is 0.231. The summed E-state index contributed by atoms with van der Waals surface area (Å²) in [6.45, 7) is 0.418. The molecule has 0 unspecified atom stereocenters. The number of nitrogens with one attached hydrogen (secondary N) is 1. The van der Waals surface area contributed by atoms with Crippen LogP contribution in [0, 0.1) is 0 Å². The highest BCUT2D eigenvalue weighted by Gasteiger charge is 2.05. The molecule has 0 aliphatic heterocycles. The minimum Gasteiger partial charge on any atom is -0.465 e. The summed E-state index contributed by atoms with van der Waals surface area (Å²) in [6.07, 6.45) is 3.45. The monoisotopic (exact) mass is 261 g/mol. The van der Waals surface area contributed by atoms with Gasteiger partial charge in [0.2, 0.25) is 0 Å². The number of amides is 1. The zero-order chi connectivity index (χ0) is 13.7. The fourth-order valence-electron chi connectivity index (χ4n) is 1.85. The molecule has 0 spiro atoms. The van der Waals surface area contributed by atoms with Crippen molar-refractivity contribution in [1.82, 2.24) is 10.3 Å². The highest BCUT2D eigenvalue weighted by atomic mass is 16.4. The first-order chi connectivity index (χ1) is 9.15. The molecular weight excluding hydrogens is 246 g/mol. The van der Waals surface area contributed by atoms with Crippen molar-refractivity contribution < 1.29 is 14.3 Å². The molecule has 1 amide bonds. The number of nitrogens with two attached hydrogens (primary N) is 1. The van der Waals surface area contributed by atoms with E-state index in [1.165, 1.54) is 6.39 Å². The van der Waals surface area contributed by atoms with E-state index < -0.39 is 6.09 Å². The first-order valence-electron chi connectivity index (χ1n) is 5.90. The molecule has 6 heteroatoms. The highest BCUT2D eigenvalue weighted by Crippen LogP contribution is 2.23. The Bertz CT molecular complexity index is 552. The summed E-state index contributed by atoms with van der Waals surface area (Å²) in [6, 6.07) is 5.66. The Morgan fingerprint density at radius 1 is 1.42 bits per heavy atom. The number of aryl methyl sites for hydroxylation is 1. The van der Waals surface area contributed by atoms with Crippen LogP contribution >= 0.6 is 0 Å². The van der Waals surface area contributed by atoms with Gasteiger partial charge in [0.1, 0.15) is 0 Å². The number of benzene rings is 1. The predicted octanol–water partition coefficient (Wildman–Crippen LogP) is 2.12. The van der Waals surface area contributed by atoms with E-state index in [1.54, 1.807) is 6.20 Å². The third kappa shape index (κ3) is 3.74. The first kappa shape index (κ1) is 12.9. The van der Waals surface area contributed by atoms with Gasteiger partial charge in [-0.2, -0.15) is 0 Å². The molecule has 1 aromatic carbocycles. The maximum Gasteiger partial charge on any atom is 0.404 e. The van der Waals surface area contributed by atoms with Crippen LogP contribution in [0.15, 0.2) is 35.2 Å². The topological polar surface area (TPSA) is 101 Å². The van der Waals surface area contributed by atoms with Crippen LogP contribution in [-0.2, 0) is 6.42 Å². The van der Waals surface area contributed by atoms with Gasteiger partial charge in [-0.15, -0.1) is 0 Å². The number of oxazole rings is 1. The van der Waals surface area contributed by atoms with Crippen LogP contribution in [0.4, 0.5) is 10.5 Å². The molecule has 0 atom stereocenters. The molecule has 1 heterocycles. The Morgan fingerprint density at radius 3 is 2.95 bits per heavy atom. The van der Waals surface area contributed by atoms with Gasteiger partial charge in [-0.05, 0) is 36.6 Å². The molecule has 0 aliphatic rings. The second kappa shape index (κ2) is 5.90. The average molecular weight is 261 g/mol. The SMILES string of the molecule is Nc1cc(CCCNC(=O)O)cc(-c2cnco2)c1. The van der Waals surface area contributed by atoms with Crippen LogP contribution in [0.2, 0.25) is 0 Å². The lowest BCUT2D eigenvalue weighted by Gasteiger charge is -2.06. The predicted molar refractivity (Wildman–Crippen MR) is 70.7 cm³/mol. The van der Waals surface area contributed by atoms with Gasteiger partial charge in [-0.1, -0.05) is 0 Å². The molecule has 0 radical (unpaired) electrons. The number of hydrogen-bond acceptors (Lipinski definition) is 4. The minimum absolute atomic E-state index is 0.418. The standard InChI is InChI=1S/C13H15N3O3/c14-11-5-9(2-1-3-16-13(17)18)4-10(6-11)12-7-15-8-19-12/h4-8,16H,1-3,14H2,(H,17,18). The van der Waals surface area contributed by atoms with Crippen LogP contribution in [0.5, 0.6) is 0 Å². The summed E-state index contributed by atoms with van der Waals surface area (Å²) in [5.74, 6) is 0.664. The molecule has 2 aromatic rings. The zero-order valence-corrected chi connectivity index (χ0v) is 10.3. The number of rotatable bonds is 5. The van der Waals surface area contributed by atoms with E-state index in [1.807, 2.05) is 18.2 Å². The van der Waals surface area contributed by atoms with Crippen molar-refractivity contribution in [2.45, 2.75) is 12.8 Å². The maximum atomic E-state index is 10.3. The van der Waals surface area contributed by atoms with E-state index >= 15 is 0 Å². The Kier molecular flexibility index (Phi) is 4.02. The number of hydrogen-bond donors (Lipinski definition) is 3. The Morgan fingerprint density at radius 2 is 2.26 bits per heavy atom. The molecule has 2 rings (SSSR count). The summed E-state index contributed by atoms with van der Waals surface area (Å²) in [4.78, 5) is 14.2. The molecular formula is C13H15N3O3. The van der Waals surface area contributed by atoms with Crippen LogP contribution in [0.1, 0.15) is 12.0 Å². The number of carbonyl (C=O) groups is 1. The minimum atomic E-state index is -1.00. The van der Waals surface area contributed by atoms with Crippen molar-refractivity contribution >= 4 is 11.8 Å². The Labute approximate surface area is 110 Å². The molecule has 4 N–H and O–H groups in total. The van der Waals surface area contributed by atoms with E-state index in [9.17, 15) is 4.79 Å². The number of anilines is 1. The molecule has 0 saturated carbocycles. The van der Waals surface area contributed by atoms with Crippen molar-refractivity contribution in [2.75, 3.05) is 12.3 Å². The summed E-state index contributed by atoms with van der Waals surface area (Å²) in [5, 5.41) is 10.8. The number of aromatic nitrogens is 1. The van der Waals surface area contributed by atoms with Crippen LogP contribution in [0.3, 0.4) is 0 Å². The van der Waals surface area contributed by atoms with Crippen molar-refractivity contribution in [3.05, 3.63) is 36.4 Å². The molecule has 1 aromatic heterocycles. The Balaban J connectivity index is 2.03. The van der Waals surface area contributed by atoms with Gasteiger partial charge < -0.3 is 20.6 Å². The third-order valence-corrected chi connectivity index (χ3v) is 2.65. The lowest BCUT2D eigenvalue weighted by Crippen LogP contribution is -2.22. The average Bonchev–Trinajstić information content (AvgIpc) is 2.87. The van der Waals surface area contributed by atoms with E-state index in [2.05, 4.69) is 10.3 Å². The van der Waals surface area contributed by atoms with Gasteiger partial charge in [0, 0.05) is 17.8 Å². The lowest BCUT2D eigenvalue weighted by atomic mass is 10.0. The van der Waals surface area contributed by atoms with Gasteiger partial charge in [-0.25, -0.2) is 9.78 Å². The molecule has 6 nitrogen and oxygen atoms in total. The molecule has 0 bridgehead atoms. The molecule has 0 saturated heterocycles. The van der Waals surface area contributed by atoms with Gasteiger partial charge in [-0.3, -0.25) is 0 Å². The summed E-state index contributed by atoms with van der Waals surface area (Å²) in [7, 11) is 0. The van der Waals surface area contributed by atoms with E-state index in [-0.39, 0.29) is 0 Å². The van der Waals surface area contributed by atoms with E-state index in [4.69, 9.17) is 15.3 Å². The van der Waals surface area contributed by atoms with Crippen LogP contribution in [0.25, 0.3) is 11.3 Å². The van der Waals surface area contributed by atoms with Gasteiger partial charge in [0.15, 0.2) is 12.2 Å². The van der Waals surface area contributed by atoms with Crippen molar-refractivity contribution in [2.24, 2.45) is 0 Å².